The van der Waals surface area contributed by atoms with Crippen LogP contribution in [0.2, 0.25) is 0 Å². The van der Waals surface area contributed by atoms with E-state index < -0.39 is 39.1 Å². The summed E-state index contributed by atoms with van der Waals surface area (Å²) in [5, 5.41) is 0.680. The van der Waals surface area contributed by atoms with Gasteiger partial charge in [-0.25, -0.2) is 17.5 Å². The van der Waals surface area contributed by atoms with Crippen molar-refractivity contribution in [2.24, 2.45) is 0 Å². The van der Waals surface area contributed by atoms with Gasteiger partial charge >= 0.3 is 6.18 Å². The Morgan fingerprint density at radius 3 is 2.33 bits per heavy atom. The molecule has 0 aliphatic heterocycles. The van der Waals surface area contributed by atoms with Gasteiger partial charge in [-0.3, -0.25) is 4.79 Å². The number of carbonyl (C=O) groups is 1. The lowest BCUT2D eigenvalue weighted by molar-refractivity contribution is -0.138. The van der Waals surface area contributed by atoms with Crippen LogP contribution in [0.1, 0.15) is 32.6 Å². The predicted octanol–water partition coefficient (Wildman–Crippen LogP) is 4.19. The van der Waals surface area contributed by atoms with Crippen molar-refractivity contribution in [3.8, 4) is 0 Å². The topological polar surface area (TPSA) is 63.2 Å². The van der Waals surface area contributed by atoms with Crippen LogP contribution in [0, 0.1) is 19.7 Å². The van der Waals surface area contributed by atoms with Gasteiger partial charge in [0.05, 0.1) is 16.5 Å². The predicted molar refractivity (Wildman–Crippen MR) is 92.7 cm³/mol. The maximum absolute atomic E-state index is 13.1. The van der Waals surface area contributed by atoms with Crippen LogP contribution in [0.5, 0.6) is 0 Å². The number of hydrogen-bond donors (Lipinski definition) is 1. The molecule has 144 valence electrons. The highest BCUT2D eigenvalue weighted by Crippen LogP contribution is 2.32. The molecule has 4 nitrogen and oxygen atoms in total. The molecule has 0 aliphatic rings. The first-order valence-corrected chi connectivity index (χ1v) is 9.13. The fourth-order valence-electron chi connectivity index (χ4n) is 2.34. The Kier molecular flexibility index (Phi) is 5.74. The number of alkyl halides is 3. The van der Waals surface area contributed by atoms with Gasteiger partial charge in [0.1, 0.15) is 5.82 Å². The first-order chi connectivity index (χ1) is 12.4. The van der Waals surface area contributed by atoms with Gasteiger partial charge in [0.2, 0.25) is 0 Å². The lowest BCUT2D eigenvalue weighted by Gasteiger charge is -2.12. The molecule has 2 aromatic rings. The molecule has 0 radical (unpaired) electrons. The summed E-state index contributed by atoms with van der Waals surface area (Å²) >= 11 is 0. The minimum absolute atomic E-state index is 0.132. The second-order valence-electron chi connectivity index (χ2n) is 5.83. The highest BCUT2D eigenvalue weighted by Gasteiger charge is 2.36. The van der Waals surface area contributed by atoms with Crippen molar-refractivity contribution in [3.63, 3.8) is 0 Å². The number of hydrogen-bond acceptors (Lipinski definition) is 3. The summed E-state index contributed by atoms with van der Waals surface area (Å²) in [6.45, 7) is 3.62. The third-order valence-corrected chi connectivity index (χ3v) is 4.58. The van der Waals surface area contributed by atoms with Crippen LogP contribution >= 0.6 is 0 Å². The monoisotopic (exact) mass is 401 g/mol. The molecule has 27 heavy (non-hydrogen) atoms. The molecule has 9 heteroatoms. The molecule has 2 aromatic carbocycles. The lowest BCUT2D eigenvalue weighted by Crippen LogP contribution is -2.30. The van der Waals surface area contributed by atoms with Crippen LogP contribution in [-0.2, 0) is 16.2 Å². The quantitative estimate of drug-likeness (QED) is 0.782. The average Bonchev–Trinajstić information content (AvgIpc) is 2.52. The molecule has 0 spiro atoms. The standard InChI is InChI=1S/C18H15F4NO3S/c1-11-3-4-13(12(2)9-11)7-8-27(25,26)23-17(24)15-6-5-14(19)10-16(15)18(20,21)22/h3-10H,1-2H3,(H,23,24). The van der Waals surface area contributed by atoms with E-state index in [0.29, 0.717) is 23.1 Å². The number of nitrogens with one attached hydrogen (secondary N) is 1. The van der Waals surface area contributed by atoms with E-state index in [0.717, 1.165) is 11.1 Å². The van der Waals surface area contributed by atoms with Crippen LogP contribution in [0.4, 0.5) is 17.6 Å². The average molecular weight is 401 g/mol. The van der Waals surface area contributed by atoms with E-state index in [4.69, 9.17) is 0 Å². The zero-order valence-corrected chi connectivity index (χ0v) is 15.1. The van der Waals surface area contributed by atoms with Crippen molar-refractivity contribution in [1.82, 2.24) is 4.72 Å². The van der Waals surface area contributed by atoms with E-state index in [1.54, 1.807) is 19.1 Å². The summed E-state index contributed by atoms with van der Waals surface area (Å²) in [6.07, 6.45) is -3.80. The van der Waals surface area contributed by atoms with Gasteiger partial charge < -0.3 is 0 Å². The molecule has 0 aromatic heterocycles. The second kappa shape index (κ2) is 7.51. The Hall–Kier alpha value is -2.68. The molecule has 2 rings (SSSR count). The summed E-state index contributed by atoms with van der Waals surface area (Å²) in [6, 6.07) is 6.59. The van der Waals surface area contributed by atoms with Crippen molar-refractivity contribution in [3.05, 3.63) is 75.4 Å². The van der Waals surface area contributed by atoms with Gasteiger partial charge in [-0.1, -0.05) is 23.8 Å². The first-order valence-electron chi connectivity index (χ1n) is 7.58. The lowest BCUT2D eigenvalue weighted by atomic mass is 10.1. The van der Waals surface area contributed by atoms with Crippen molar-refractivity contribution in [2.75, 3.05) is 0 Å². The molecular formula is C18H15F4NO3S. The van der Waals surface area contributed by atoms with Gasteiger partial charge in [0.25, 0.3) is 15.9 Å². The van der Waals surface area contributed by atoms with Crippen LogP contribution in [-0.4, -0.2) is 14.3 Å². The molecular weight excluding hydrogens is 386 g/mol. The summed E-state index contributed by atoms with van der Waals surface area (Å²) in [4.78, 5) is 12.0. The third-order valence-electron chi connectivity index (χ3n) is 3.62. The molecule has 0 fully saturated rings. The van der Waals surface area contributed by atoms with Crippen LogP contribution < -0.4 is 4.72 Å². The fourth-order valence-corrected chi connectivity index (χ4v) is 3.10. The number of halogens is 4. The normalized spacial score (nSPS) is 12.4. The van der Waals surface area contributed by atoms with Gasteiger partial charge in [0.15, 0.2) is 0 Å². The summed E-state index contributed by atoms with van der Waals surface area (Å²) in [5.74, 6) is -2.70. The molecule has 0 heterocycles. The van der Waals surface area contributed by atoms with Crippen LogP contribution in [0.3, 0.4) is 0 Å². The second-order valence-corrected chi connectivity index (χ2v) is 7.39. The highest BCUT2D eigenvalue weighted by atomic mass is 32.2. The molecule has 0 atom stereocenters. The van der Waals surface area contributed by atoms with Gasteiger partial charge in [-0.15, -0.1) is 0 Å². The van der Waals surface area contributed by atoms with Crippen LogP contribution in [0.15, 0.2) is 41.8 Å². The van der Waals surface area contributed by atoms with E-state index in [9.17, 15) is 30.8 Å². The van der Waals surface area contributed by atoms with E-state index in [-0.39, 0.29) is 6.07 Å². The molecule has 1 N–H and O–H groups in total. The molecule has 0 unspecified atom stereocenters. The van der Waals surface area contributed by atoms with Gasteiger partial charge in [-0.2, -0.15) is 13.2 Å². The number of rotatable bonds is 4. The fraction of sp³-hybridized carbons (Fsp3) is 0.167. The Morgan fingerprint density at radius 1 is 1.07 bits per heavy atom. The minimum atomic E-state index is -5.02. The van der Waals surface area contributed by atoms with Crippen molar-refractivity contribution in [2.45, 2.75) is 20.0 Å². The number of sulfonamides is 1. The minimum Gasteiger partial charge on any atom is -0.268 e. The largest absolute Gasteiger partial charge is 0.417 e. The Morgan fingerprint density at radius 2 is 1.74 bits per heavy atom. The van der Waals surface area contributed by atoms with E-state index in [1.165, 1.54) is 10.8 Å². The van der Waals surface area contributed by atoms with E-state index >= 15 is 0 Å². The zero-order chi connectivity index (χ0) is 20.4. The highest BCUT2D eigenvalue weighted by molar-refractivity contribution is 7.93. The molecule has 1 amide bonds. The van der Waals surface area contributed by atoms with Gasteiger partial charge in [0, 0.05) is 0 Å². The maximum Gasteiger partial charge on any atom is 0.417 e. The van der Waals surface area contributed by atoms with E-state index in [1.807, 2.05) is 13.0 Å². The van der Waals surface area contributed by atoms with Crippen molar-refractivity contribution < 1.29 is 30.8 Å². The number of aryl methyl sites for hydroxylation is 2. The van der Waals surface area contributed by atoms with Crippen LogP contribution in [0.25, 0.3) is 6.08 Å². The smallest absolute Gasteiger partial charge is 0.268 e. The van der Waals surface area contributed by atoms with Crippen molar-refractivity contribution >= 4 is 22.0 Å². The number of benzene rings is 2. The molecule has 0 saturated heterocycles. The van der Waals surface area contributed by atoms with Crippen molar-refractivity contribution in [1.29, 1.82) is 0 Å². The third kappa shape index (κ3) is 5.40. The Balaban J connectivity index is 2.28. The summed E-state index contributed by atoms with van der Waals surface area (Å²) in [7, 11) is -4.37. The van der Waals surface area contributed by atoms with Gasteiger partial charge in [-0.05, 0) is 49.2 Å². The SMILES string of the molecule is Cc1ccc(C=CS(=O)(=O)NC(=O)c2ccc(F)cc2C(F)(F)F)c(C)c1. The van der Waals surface area contributed by atoms with E-state index in [2.05, 4.69) is 0 Å². The maximum atomic E-state index is 13.1. The molecule has 0 saturated carbocycles. The number of amides is 1. The molecule has 0 bridgehead atoms. The number of carbonyl (C=O) groups excluding carboxylic acids is 1. The molecule has 0 aliphatic carbocycles. The first kappa shape index (κ1) is 20.6. The summed E-state index contributed by atoms with van der Waals surface area (Å²) in [5.41, 5.74) is -0.236. The summed E-state index contributed by atoms with van der Waals surface area (Å²) < 4.78 is 77.5. The Labute approximate surface area is 153 Å². The Bertz CT molecular complexity index is 1010. The zero-order valence-electron chi connectivity index (χ0n) is 14.3.